The molecule has 0 aromatic carbocycles. The largest absolute Gasteiger partial charge is 0.0842 e. The molecule has 0 saturated heterocycles. The molecular formula is C10H11. The van der Waals surface area contributed by atoms with Crippen LogP contribution in [-0.2, 0) is 0 Å². The molecular weight excluding hydrogens is 120 g/mol. The van der Waals surface area contributed by atoms with Crippen molar-refractivity contribution in [2.45, 2.75) is 12.8 Å². The van der Waals surface area contributed by atoms with Crippen LogP contribution in [0.4, 0.5) is 0 Å². The number of rotatable bonds is 0. The molecule has 1 aliphatic rings. The van der Waals surface area contributed by atoms with Crippen LogP contribution in [-0.4, -0.2) is 0 Å². The van der Waals surface area contributed by atoms with Gasteiger partial charge in [0.05, 0.1) is 0 Å². The van der Waals surface area contributed by atoms with E-state index in [9.17, 15) is 0 Å². The highest BCUT2D eigenvalue weighted by Crippen LogP contribution is 1.95. The lowest BCUT2D eigenvalue weighted by Gasteiger charge is -1.85. The number of hydrogen-bond acceptors (Lipinski definition) is 0. The summed E-state index contributed by atoms with van der Waals surface area (Å²) in [4.78, 5) is 0. The fourth-order valence-electron chi connectivity index (χ4n) is 0.749. The van der Waals surface area contributed by atoms with E-state index in [1.807, 2.05) is 24.3 Å². The maximum absolute atomic E-state index is 3.03. The fraction of sp³-hybridized carbons (Fsp3) is 0.200. The van der Waals surface area contributed by atoms with Crippen molar-refractivity contribution in [2.24, 2.45) is 0 Å². The maximum Gasteiger partial charge on any atom is -0.0187 e. The van der Waals surface area contributed by atoms with Gasteiger partial charge in [0.2, 0.25) is 0 Å². The summed E-state index contributed by atoms with van der Waals surface area (Å²) in [6.45, 7) is 0. The van der Waals surface area contributed by atoms with E-state index in [4.69, 9.17) is 0 Å². The van der Waals surface area contributed by atoms with E-state index in [-0.39, 0.29) is 0 Å². The van der Waals surface area contributed by atoms with Crippen LogP contribution in [0, 0.1) is 6.08 Å². The summed E-state index contributed by atoms with van der Waals surface area (Å²) in [5.74, 6) is 0. The van der Waals surface area contributed by atoms with Crippen molar-refractivity contribution in [2.75, 3.05) is 0 Å². The molecule has 0 unspecified atom stereocenters. The minimum absolute atomic E-state index is 1.12. The highest BCUT2D eigenvalue weighted by atomic mass is 13.8. The van der Waals surface area contributed by atoms with E-state index in [1.165, 1.54) is 0 Å². The Labute approximate surface area is 62.3 Å². The molecule has 1 radical (unpaired) electrons. The first-order valence-electron chi connectivity index (χ1n) is 3.56. The SMILES string of the molecule is [C]1=CC=CC=CCCC=C1. The summed E-state index contributed by atoms with van der Waals surface area (Å²) in [5, 5.41) is 0. The third-order valence-corrected chi connectivity index (χ3v) is 1.26. The Hall–Kier alpha value is -1.04. The molecule has 0 spiro atoms. The Morgan fingerprint density at radius 3 is 2.80 bits per heavy atom. The van der Waals surface area contributed by atoms with Crippen LogP contribution in [0.1, 0.15) is 12.8 Å². The van der Waals surface area contributed by atoms with Gasteiger partial charge in [0.15, 0.2) is 0 Å². The smallest absolute Gasteiger partial charge is 0.0187 e. The second kappa shape index (κ2) is 4.80. The molecule has 0 saturated carbocycles. The number of allylic oxidation sites excluding steroid dienone is 8. The minimum Gasteiger partial charge on any atom is -0.0842 e. The number of hydrogen-bond donors (Lipinski definition) is 0. The lowest BCUT2D eigenvalue weighted by atomic mass is 10.2. The predicted molar refractivity (Wildman–Crippen MR) is 44.5 cm³/mol. The van der Waals surface area contributed by atoms with Gasteiger partial charge in [-0.05, 0) is 18.9 Å². The van der Waals surface area contributed by atoms with Crippen LogP contribution >= 0.6 is 0 Å². The van der Waals surface area contributed by atoms with Crippen molar-refractivity contribution in [1.29, 1.82) is 0 Å². The normalized spacial score (nSPS) is 17.6. The zero-order valence-corrected chi connectivity index (χ0v) is 5.96. The van der Waals surface area contributed by atoms with Crippen molar-refractivity contribution < 1.29 is 0 Å². The topological polar surface area (TPSA) is 0 Å². The molecule has 0 nitrogen and oxygen atoms in total. The Morgan fingerprint density at radius 2 is 1.80 bits per heavy atom. The van der Waals surface area contributed by atoms with Gasteiger partial charge in [-0.2, -0.15) is 0 Å². The Bertz CT molecular complexity index is 158. The molecule has 10 heavy (non-hydrogen) atoms. The van der Waals surface area contributed by atoms with Gasteiger partial charge in [-0.25, -0.2) is 0 Å². The average molecular weight is 131 g/mol. The molecule has 0 heteroatoms. The molecule has 0 N–H and O–H groups in total. The van der Waals surface area contributed by atoms with Gasteiger partial charge in [-0.3, -0.25) is 0 Å². The first kappa shape index (κ1) is 7.07. The molecule has 0 amide bonds. The van der Waals surface area contributed by atoms with E-state index < -0.39 is 0 Å². The zero-order chi connectivity index (χ0) is 7.07. The van der Waals surface area contributed by atoms with Crippen molar-refractivity contribution in [3.8, 4) is 0 Å². The van der Waals surface area contributed by atoms with Crippen LogP contribution in [0.25, 0.3) is 0 Å². The van der Waals surface area contributed by atoms with E-state index in [0.29, 0.717) is 0 Å². The summed E-state index contributed by atoms with van der Waals surface area (Å²) >= 11 is 0. The second-order valence-corrected chi connectivity index (χ2v) is 2.13. The van der Waals surface area contributed by atoms with Crippen molar-refractivity contribution in [3.63, 3.8) is 0 Å². The molecule has 51 valence electrons. The highest BCUT2D eigenvalue weighted by Gasteiger charge is 1.75. The van der Waals surface area contributed by atoms with E-state index in [0.717, 1.165) is 12.8 Å². The summed E-state index contributed by atoms with van der Waals surface area (Å²) < 4.78 is 0. The lowest BCUT2D eigenvalue weighted by Crippen LogP contribution is -1.65. The molecule has 0 atom stereocenters. The minimum atomic E-state index is 1.12. The van der Waals surface area contributed by atoms with Crippen LogP contribution < -0.4 is 0 Å². The molecule has 0 fully saturated rings. The van der Waals surface area contributed by atoms with Crippen LogP contribution in [0.2, 0.25) is 0 Å². The molecule has 0 aromatic rings. The van der Waals surface area contributed by atoms with Crippen LogP contribution in [0.5, 0.6) is 0 Å². The summed E-state index contributed by atoms with van der Waals surface area (Å²) in [6.07, 6.45) is 19.5. The van der Waals surface area contributed by atoms with E-state index in [1.54, 1.807) is 0 Å². The Balaban J connectivity index is 2.53. The standard InChI is InChI=1S/C10H11/c1-2-4-6-8-10-9-7-5-3-1/h1-5,9-10H,6,8H2. The van der Waals surface area contributed by atoms with Gasteiger partial charge in [-0.15, -0.1) is 0 Å². The third-order valence-electron chi connectivity index (χ3n) is 1.26. The third kappa shape index (κ3) is 3.08. The van der Waals surface area contributed by atoms with Gasteiger partial charge in [0.1, 0.15) is 0 Å². The Morgan fingerprint density at radius 1 is 0.900 bits per heavy atom. The molecule has 1 aliphatic carbocycles. The molecule has 0 aliphatic heterocycles. The van der Waals surface area contributed by atoms with Crippen LogP contribution in [0.3, 0.4) is 0 Å². The predicted octanol–water partition coefficient (Wildman–Crippen LogP) is 2.81. The van der Waals surface area contributed by atoms with Gasteiger partial charge in [-0.1, -0.05) is 42.5 Å². The molecule has 1 rings (SSSR count). The molecule has 0 heterocycles. The van der Waals surface area contributed by atoms with Crippen molar-refractivity contribution in [1.82, 2.24) is 0 Å². The van der Waals surface area contributed by atoms with Crippen molar-refractivity contribution in [3.05, 3.63) is 48.6 Å². The van der Waals surface area contributed by atoms with Crippen LogP contribution in [0.15, 0.2) is 42.5 Å². The van der Waals surface area contributed by atoms with Gasteiger partial charge >= 0.3 is 0 Å². The van der Waals surface area contributed by atoms with Crippen molar-refractivity contribution >= 4 is 0 Å². The molecule has 0 bridgehead atoms. The fourth-order valence-corrected chi connectivity index (χ4v) is 0.749. The average Bonchev–Trinajstić information content (AvgIpc) is 2.01. The summed E-state index contributed by atoms with van der Waals surface area (Å²) in [7, 11) is 0. The Kier molecular flexibility index (Phi) is 3.40. The van der Waals surface area contributed by atoms with E-state index in [2.05, 4.69) is 24.3 Å². The monoisotopic (exact) mass is 131 g/mol. The first-order chi connectivity index (χ1) is 5.00. The zero-order valence-electron chi connectivity index (χ0n) is 5.96. The summed E-state index contributed by atoms with van der Waals surface area (Å²) in [5.41, 5.74) is 0. The molecule has 0 aromatic heterocycles. The van der Waals surface area contributed by atoms with Gasteiger partial charge in [0, 0.05) is 0 Å². The quantitative estimate of drug-likeness (QED) is 0.474. The maximum atomic E-state index is 3.03. The second-order valence-electron chi connectivity index (χ2n) is 2.13. The highest BCUT2D eigenvalue weighted by molar-refractivity contribution is 5.13. The van der Waals surface area contributed by atoms with Gasteiger partial charge < -0.3 is 0 Å². The van der Waals surface area contributed by atoms with Gasteiger partial charge in [0.25, 0.3) is 0 Å². The first-order valence-corrected chi connectivity index (χ1v) is 3.56. The summed E-state index contributed by atoms with van der Waals surface area (Å²) in [6, 6.07) is 0. The van der Waals surface area contributed by atoms with E-state index >= 15 is 0 Å². The lowest BCUT2D eigenvalue weighted by molar-refractivity contribution is 1.05.